The van der Waals surface area contributed by atoms with E-state index < -0.39 is 60.6 Å². The first-order valence-electron chi connectivity index (χ1n) is 9.69. The first kappa shape index (κ1) is 27.5. The average molecular weight is 470 g/mol. The summed E-state index contributed by atoms with van der Waals surface area (Å²) in [5, 5.41) is 18.4. The molecule has 0 aromatic heterocycles. The Bertz CT molecular complexity index is 837. The molecule has 1 aliphatic rings. The molecule has 1 aliphatic heterocycles. The van der Waals surface area contributed by atoms with Gasteiger partial charge in [0.15, 0.2) is 24.6 Å². The standard InChI is InChI=1S/C14H20O10.C7H6O2/c1-6(15)20-5-10-11(21-7(2)16)12(22-8(3)17)13(14(19)24-10)23-9(4)18;8-7(9)6-4-2-1-3-5-6/h10-14,19H,5H2,1-4H3;1-5H,(H,8,9)/t10?,11-,12+,13?,14-;/m1./s1. The summed E-state index contributed by atoms with van der Waals surface area (Å²) in [6, 6.07) is 8.30. The Hall–Kier alpha value is -3.51. The summed E-state index contributed by atoms with van der Waals surface area (Å²) in [6.07, 6.45) is -6.79. The van der Waals surface area contributed by atoms with E-state index in [0.717, 1.165) is 27.7 Å². The highest BCUT2D eigenvalue weighted by Crippen LogP contribution is 2.28. The Labute approximate surface area is 189 Å². The number of hydrogen-bond acceptors (Lipinski definition) is 11. The summed E-state index contributed by atoms with van der Waals surface area (Å²) in [5.74, 6) is -3.75. The molecule has 5 atom stereocenters. The number of hydrogen-bond donors (Lipinski definition) is 2. The van der Waals surface area contributed by atoms with E-state index in [-0.39, 0.29) is 6.61 Å². The second-order valence-corrected chi connectivity index (χ2v) is 6.76. The number of ether oxygens (including phenoxy) is 5. The number of aromatic carboxylic acids is 1. The van der Waals surface area contributed by atoms with Gasteiger partial charge in [-0.3, -0.25) is 19.2 Å². The summed E-state index contributed by atoms with van der Waals surface area (Å²) in [4.78, 5) is 55.1. The van der Waals surface area contributed by atoms with Gasteiger partial charge in [0.2, 0.25) is 0 Å². The van der Waals surface area contributed by atoms with E-state index in [9.17, 15) is 29.1 Å². The van der Waals surface area contributed by atoms with E-state index >= 15 is 0 Å². The number of carbonyl (C=O) groups is 5. The van der Waals surface area contributed by atoms with Gasteiger partial charge in [-0.25, -0.2) is 4.79 Å². The van der Waals surface area contributed by atoms with Crippen molar-refractivity contribution in [3.63, 3.8) is 0 Å². The molecule has 1 aromatic carbocycles. The maximum Gasteiger partial charge on any atom is 0.335 e. The lowest BCUT2D eigenvalue weighted by atomic mass is 9.98. The Morgan fingerprint density at radius 1 is 0.788 bits per heavy atom. The minimum atomic E-state index is -1.68. The average Bonchev–Trinajstić information content (AvgIpc) is 2.71. The predicted molar refractivity (Wildman–Crippen MR) is 108 cm³/mol. The zero-order valence-corrected chi connectivity index (χ0v) is 18.5. The van der Waals surface area contributed by atoms with Crippen LogP contribution in [0.15, 0.2) is 30.3 Å². The largest absolute Gasteiger partial charge is 0.478 e. The Morgan fingerprint density at radius 3 is 1.70 bits per heavy atom. The number of rotatable bonds is 6. The molecule has 1 aromatic rings. The highest BCUT2D eigenvalue weighted by molar-refractivity contribution is 5.87. The fourth-order valence-corrected chi connectivity index (χ4v) is 2.79. The second kappa shape index (κ2) is 13.1. The van der Waals surface area contributed by atoms with Crippen LogP contribution in [0.3, 0.4) is 0 Å². The van der Waals surface area contributed by atoms with Crippen molar-refractivity contribution in [2.45, 2.75) is 58.4 Å². The highest BCUT2D eigenvalue weighted by Gasteiger charge is 2.51. The molecule has 2 rings (SSSR count). The number of esters is 4. The summed E-state index contributed by atoms with van der Waals surface area (Å²) in [7, 11) is 0. The van der Waals surface area contributed by atoms with E-state index in [1.54, 1.807) is 30.3 Å². The molecule has 12 nitrogen and oxygen atoms in total. The zero-order chi connectivity index (χ0) is 25.1. The first-order valence-corrected chi connectivity index (χ1v) is 9.69. The normalized spacial score (nSPS) is 23.7. The van der Waals surface area contributed by atoms with Crippen LogP contribution < -0.4 is 0 Å². The van der Waals surface area contributed by atoms with E-state index in [1.807, 2.05) is 0 Å². The molecule has 33 heavy (non-hydrogen) atoms. The van der Waals surface area contributed by atoms with Crippen LogP contribution in [0.2, 0.25) is 0 Å². The van der Waals surface area contributed by atoms with Crippen LogP contribution in [0.4, 0.5) is 0 Å². The fraction of sp³-hybridized carbons (Fsp3) is 0.476. The van der Waals surface area contributed by atoms with E-state index in [4.69, 9.17) is 28.8 Å². The molecule has 1 heterocycles. The predicted octanol–water partition coefficient (Wildman–Crippen LogP) is 0.447. The monoisotopic (exact) mass is 470 g/mol. The third-order valence-electron chi connectivity index (χ3n) is 3.99. The topological polar surface area (TPSA) is 172 Å². The van der Waals surface area contributed by atoms with Gasteiger partial charge in [0.05, 0.1) is 5.56 Å². The third kappa shape index (κ3) is 9.66. The Kier molecular flexibility index (Phi) is 11.0. The molecule has 0 saturated carbocycles. The van der Waals surface area contributed by atoms with E-state index in [0.29, 0.717) is 5.56 Å². The van der Waals surface area contributed by atoms with Crippen molar-refractivity contribution in [3.05, 3.63) is 35.9 Å². The summed E-state index contributed by atoms with van der Waals surface area (Å²) in [5.41, 5.74) is 0.331. The zero-order valence-electron chi connectivity index (χ0n) is 18.5. The molecule has 1 fully saturated rings. The molecule has 0 spiro atoms. The van der Waals surface area contributed by atoms with E-state index in [1.165, 1.54) is 0 Å². The van der Waals surface area contributed by atoms with Gasteiger partial charge in [-0.15, -0.1) is 0 Å². The maximum absolute atomic E-state index is 11.3. The summed E-state index contributed by atoms with van der Waals surface area (Å²) in [6.45, 7) is 4.09. The molecule has 0 radical (unpaired) electrons. The fourth-order valence-electron chi connectivity index (χ4n) is 2.79. The van der Waals surface area contributed by atoms with Crippen LogP contribution in [0.5, 0.6) is 0 Å². The van der Waals surface area contributed by atoms with Gasteiger partial charge in [-0.2, -0.15) is 0 Å². The van der Waals surface area contributed by atoms with Crippen LogP contribution in [-0.4, -0.2) is 77.4 Å². The van der Waals surface area contributed by atoms with E-state index in [2.05, 4.69) is 0 Å². The van der Waals surface area contributed by atoms with Gasteiger partial charge in [0.1, 0.15) is 12.7 Å². The minimum absolute atomic E-state index is 0.331. The van der Waals surface area contributed by atoms with Crippen molar-refractivity contribution in [2.24, 2.45) is 0 Å². The van der Waals surface area contributed by atoms with Gasteiger partial charge >= 0.3 is 29.8 Å². The van der Waals surface area contributed by atoms with Crippen LogP contribution in [0.1, 0.15) is 38.1 Å². The highest BCUT2D eigenvalue weighted by atomic mass is 16.7. The van der Waals surface area contributed by atoms with Crippen LogP contribution in [-0.2, 0) is 42.9 Å². The van der Waals surface area contributed by atoms with Crippen LogP contribution >= 0.6 is 0 Å². The molecule has 12 heteroatoms. The lowest BCUT2D eigenvalue weighted by molar-refractivity contribution is -0.296. The second-order valence-electron chi connectivity index (χ2n) is 6.76. The van der Waals surface area contributed by atoms with Crippen molar-refractivity contribution in [3.8, 4) is 0 Å². The number of carbonyl (C=O) groups excluding carboxylic acids is 4. The van der Waals surface area contributed by atoms with Crippen molar-refractivity contribution in [2.75, 3.05) is 6.61 Å². The maximum atomic E-state index is 11.3. The Balaban J connectivity index is 0.000000502. The third-order valence-corrected chi connectivity index (χ3v) is 3.99. The Morgan fingerprint density at radius 2 is 1.27 bits per heavy atom. The number of benzene rings is 1. The number of carboxylic acids is 1. The van der Waals surface area contributed by atoms with Gasteiger partial charge in [0.25, 0.3) is 0 Å². The summed E-state index contributed by atoms with van der Waals surface area (Å²) >= 11 is 0. The smallest absolute Gasteiger partial charge is 0.335 e. The van der Waals surface area contributed by atoms with Gasteiger partial charge < -0.3 is 33.9 Å². The van der Waals surface area contributed by atoms with Crippen molar-refractivity contribution >= 4 is 29.8 Å². The minimum Gasteiger partial charge on any atom is -0.478 e. The van der Waals surface area contributed by atoms with Crippen LogP contribution in [0.25, 0.3) is 0 Å². The molecule has 2 unspecified atom stereocenters. The molecular formula is C21H26O12. The number of carboxylic acid groups (broad SMARTS) is 1. The molecule has 0 amide bonds. The molecular weight excluding hydrogens is 444 g/mol. The molecule has 2 N–H and O–H groups in total. The molecule has 0 aliphatic carbocycles. The van der Waals surface area contributed by atoms with Gasteiger partial charge in [-0.05, 0) is 12.1 Å². The molecule has 1 saturated heterocycles. The lowest BCUT2D eigenvalue weighted by Crippen LogP contribution is -2.62. The van der Waals surface area contributed by atoms with Gasteiger partial charge in [0, 0.05) is 27.7 Å². The lowest BCUT2D eigenvalue weighted by Gasteiger charge is -2.42. The SMILES string of the molecule is CC(=O)OCC1O[C@@H](O)C(OC(C)=O)[C@@H](OC(C)=O)[C@@H]1OC(C)=O.O=C(O)c1ccccc1. The molecule has 0 bridgehead atoms. The number of aliphatic hydroxyl groups excluding tert-OH is 1. The summed E-state index contributed by atoms with van der Waals surface area (Å²) < 4.78 is 25.0. The van der Waals surface area contributed by atoms with Gasteiger partial charge in [-0.1, -0.05) is 18.2 Å². The molecule has 182 valence electrons. The van der Waals surface area contributed by atoms with Crippen molar-refractivity contribution in [1.29, 1.82) is 0 Å². The first-order chi connectivity index (χ1) is 15.4. The number of aliphatic hydroxyl groups is 1. The quantitative estimate of drug-likeness (QED) is 0.435. The van der Waals surface area contributed by atoms with Crippen molar-refractivity contribution < 1.29 is 57.9 Å². The van der Waals surface area contributed by atoms with Crippen molar-refractivity contribution in [1.82, 2.24) is 0 Å². The van der Waals surface area contributed by atoms with Crippen LogP contribution in [0, 0.1) is 0 Å².